The Morgan fingerprint density at radius 2 is 1.91 bits per heavy atom. The Hall–Kier alpha value is -0.800. The van der Waals surface area contributed by atoms with Gasteiger partial charge in [-0.15, -0.1) is 0 Å². The molecule has 0 radical (unpaired) electrons. The van der Waals surface area contributed by atoms with Crippen molar-refractivity contribution in [2.24, 2.45) is 0 Å². The molecule has 11 heavy (non-hydrogen) atoms. The van der Waals surface area contributed by atoms with Crippen LogP contribution in [0.2, 0.25) is 0 Å². The van der Waals surface area contributed by atoms with Gasteiger partial charge in [-0.2, -0.15) is 13.2 Å². The first-order valence-corrected chi connectivity index (χ1v) is 3.13. The van der Waals surface area contributed by atoms with Crippen LogP contribution in [0.4, 0.5) is 13.2 Å². The van der Waals surface area contributed by atoms with E-state index in [-0.39, 0.29) is 12.2 Å². The first kappa shape index (κ1) is 10.2. The number of ketones is 1. The Morgan fingerprint density at radius 3 is 2.27 bits per heavy atom. The number of halogens is 3. The number of allylic oxidation sites excluding steroid dienone is 2. The maximum absolute atomic E-state index is 11.4. The average molecular weight is 166 g/mol. The highest BCUT2D eigenvalue weighted by molar-refractivity contribution is 5.76. The summed E-state index contributed by atoms with van der Waals surface area (Å²) in [6.07, 6.45) is -2.85. The van der Waals surface area contributed by atoms with E-state index in [2.05, 4.69) is 0 Å². The molecule has 0 saturated heterocycles. The molecule has 0 bridgehead atoms. The second-order valence-electron chi connectivity index (χ2n) is 2.20. The molecule has 0 aliphatic heterocycles. The summed E-state index contributed by atoms with van der Waals surface area (Å²) in [6, 6.07) is 0. The summed E-state index contributed by atoms with van der Waals surface area (Å²) in [5.74, 6) is -0.136. The second-order valence-corrected chi connectivity index (χ2v) is 2.20. The van der Waals surface area contributed by atoms with Crippen LogP contribution in [-0.4, -0.2) is 12.0 Å². The molecule has 0 amide bonds. The molecule has 0 saturated carbocycles. The van der Waals surface area contributed by atoms with Crippen molar-refractivity contribution in [2.45, 2.75) is 25.9 Å². The largest absolute Gasteiger partial charge is 0.392 e. The van der Waals surface area contributed by atoms with Crippen molar-refractivity contribution < 1.29 is 18.0 Å². The lowest BCUT2D eigenvalue weighted by molar-refractivity contribution is -0.125. The molecule has 0 aromatic heterocycles. The lowest BCUT2D eigenvalue weighted by atomic mass is 10.2. The Kier molecular flexibility index (Phi) is 3.85. The minimum Gasteiger partial charge on any atom is -0.300 e. The molecule has 0 heterocycles. The van der Waals surface area contributed by atoms with Crippen molar-refractivity contribution in [1.29, 1.82) is 0 Å². The van der Waals surface area contributed by atoms with Crippen molar-refractivity contribution in [3.05, 3.63) is 12.2 Å². The molecule has 0 aromatic carbocycles. The van der Waals surface area contributed by atoms with E-state index in [9.17, 15) is 18.0 Å². The third-order valence-electron chi connectivity index (χ3n) is 0.921. The number of Topliss-reactive ketones (excluding diaryl/α,β-unsaturated/α-hetero) is 1. The van der Waals surface area contributed by atoms with E-state index in [1.54, 1.807) is 0 Å². The van der Waals surface area contributed by atoms with E-state index < -0.39 is 12.6 Å². The molecule has 64 valence electrons. The fourth-order valence-electron chi connectivity index (χ4n) is 0.466. The molecule has 0 aromatic rings. The Morgan fingerprint density at radius 1 is 1.36 bits per heavy atom. The summed E-state index contributed by atoms with van der Waals surface area (Å²) in [4.78, 5) is 10.2. The van der Waals surface area contributed by atoms with E-state index in [0.29, 0.717) is 0 Å². The highest BCUT2D eigenvalue weighted by atomic mass is 19.4. The van der Waals surface area contributed by atoms with Gasteiger partial charge < -0.3 is 0 Å². The van der Waals surface area contributed by atoms with Gasteiger partial charge in [-0.3, -0.25) is 4.79 Å². The molecular weight excluding hydrogens is 157 g/mol. The Balaban J connectivity index is 3.53. The summed E-state index contributed by atoms with van der Waals surface area (Å²) >= 11 is 0. The molecular formula is C7H9F3O. The molecule has 0 fully saturated rings. The van der Waals surface area contributed by atoms with Gasteiger partial charge in [0.1, 0.15) is 5.78 Å². The zero-order valence-electron chi connectivity index (χ0n) is 6.11. The number of carbonyl (C=O) groups is 1. The van der Waals surface area contributed by atoms with Crippen molar-refractivity contribution in [2.75, 3.05) is 0 Å². The molecule has 0 atom stereocenters. The van der Waals surface area contributed by atoms with Gasteiger partial charge in [0.25, 0.3) is 0 Å². The van der Waals surface area contributed by atoms with Gasteiger partial charge in [-0.25, -0.2) is 0 Å². The van der Waals surface area contributed by atoms with E-state index in [0.717, 1.165) is 6.08 Å². The third kappa shape index (κ3) is 9.20. The van der Waals surface area contributed by atoms with Crippen molar-refractivity contribution in [3.63, 3.8) is 0 Å². The van der Waals surface area contributed by atoms with Gasteiger partial charge >= 0.3 is 6.18 Å². The number of hydrogen-bond acceptors (Lipinski definition) is 1. The van der Waals surface area contributed by atoms with Crippen molar-refractivity contribution in [3.8, 4) is 0 Å². The average Bonchev–Trinajstić information content (AvgIpc) is 1.78. The highest BCUT2D eigenvalue weighted by Gasteiger charge is 2.24. The quantitative estimate of drug-likeness (QED) is 0.588. The minimum atomic E-state index is -4.16. The van der Waals surface area contributed by atoms with Crippen LogP contribution in [0.15, 0.2) is 12.2 Å². The summed E-state index contributed by atoms with van der Waals surface area (Å²) < 4.78 is 34.3. The molecule has 0 aliphatic rings. The molecule has 1 nitrogen and oxygen atoms in total. The standard InChI is InChI=1S/C7H9F3O/c1-6(11)4-2-3-5-7(8,9)10/h2-3H,4-5H2,1H3. The number of carbonyl (C=O) groups excluding carboxylic acids is 1. The van der Waals surface area contributed by atoms with E-state index in [1.165, 1.54) is 13.0 Å². The summed E-state index contributed by atoms with van der Waals surface area (Å²) in [5, 5.41) is 0. The highest BCUT2D eigenvalue weighted by Crippen LogP contribution is 2.19. The van der Waals surface area contributed by atoms with Gasteiger partial charge in [-0.1, -0.05) is 12.2 Å². The van der Waals surface area contributed by atoms with E-state index in [1.807, 2.05) is 0 Å². The van der Waals surface area contributed by atoms with Crippen LogP contribution in [0.5, 0.6) is 0 Å². The van der Waals surface area contributed by atoms with Crippen LogP contribution >= 0.6 is 0 Å². The predicted molar refractivity (Wildman–Crippen MR) is 35.1 cm³/mol. The van der Waals surface area contributed by atoms with Crippen LogP contribution in [0.3, 0.4) is 0 Å². The Bertz CT molecular complexity index is 158. The number of alkyl halides is 3. The SMILES string of the molecule is CC(=O)CC=CCC(F)(F)F. The molecule has 0 unspecified atom stereocenters. The first-order valence-electron chi connectivity index (χ1n) is 3.13. The van der Waals surface area contributed by atoms with Gasteiger partial charge in [0.2, 0.25) is 0 Å². The van der Waals surface area contributed by atoms with Crippen LogP contribution in [-0.2, 0) is 4.79 Å². The predicted octanol–water partition coefficient (Wildman–Crippen LogP) is 2.47. The van der Waals surface area contributed by atoms with E-state index >= 15 is 0 Å². The topological polar surface area (TPSA) is 17.1 Å². The van der Waals surface area contributed by atoms with Crippen LogP contribution in [0, 0.1) is 0 Å². The number of rotatable bonds is 3. The summed E-state index contributed by atoms with van der Waals surface area (Å²) in [5.41, 5.74) is 0. The smallest absolute Gasteiger partial charge is 0.300 e. The van der Waals surface area contributed by atoms with Gasteiger partial charge in [-0.05, 0) is 6.92 Å². The third-order valence-corrected chi connectivity index (χ3v) is 0.921. The normalized spacial score (nSPS) is 12.4. The lowest BCUT2D eigenvalue weighted by Crippen LogP contribution is -2.04. The maximum atomic E-state index is 11.4. The monoisotopic (exact) mass is 166 g/mol. The van der Waals surface area contributed by atoms with Crippen LogP contribution < -0.4 is 0 Å². The maximum Gasteiger partial charge on any atom is 0.392 e. The zero-order chi connectivity index (χ0) is 8.91. The summed E-state index contributed by atoms with van der Waals surface area (Å²) in [7, 11) is 0. The number of hydrogen-bond donors (Lipinski definition) is 0. The van der Waals surface area contributed by atoms with Crippen molar-refractivity contribution >= 4 is 5.78 Å². The van der Waals surface area contributed by atoms with Crippen LogP contribution in [0.1, 0.15) is 19.8 Å². The first-order chi connectivity index (χ1) is 4.92. The van der Waals surface area contributed by atoms with Gasteiger partial charge in [0.15, 0.2) is 0 Å². The molecule has 0 spiro atoms. The molecule has 0 aliphatic carbocycles. The minimum absolute atomic E-state index is 0.0794. The molecule has 0 N–H and O–H groups in total. The Labute approximate surface area is 62.9 Å². The van der Waals surface area contributed by atoms with Gasteiger partial charge in [0.05, 0.1) is 6.42 Å². The fourth-order valence-corrected chi connectivity index (χ4v) is 0.466. The second kappa shape index (κ2) is 4.16. The summed E-state index contributed by atoms with van der Waals surface area (Å²) in [6.45, 7) is 1.33. The van der Waals surface area contributed by atoms with Crippen LogP contribution in [0.25, 0.3) is 0 Å². The molecule has 0 rings (SSSR count). The lowest BCUT2D eigenvalue weighted by Gasteiger charge is -1.99. The fraction of sp³-hybridized carbons (Fsp3) is 0.571. The zero-order valence-corrected chi connectivity index (χ0v) is 6.11. The molecule has 4 heteroatoms. The van der Waals surface area contributed by atoms with Crippen molar-refractivity contribution in [1.82, 2.24) is 0 Å². The van der Waals surface area contributed by atoms with Gasteiger partial charge in [0, 0.05) is 6.42 Å². The van der Waals surface area contributed by atoms with E-state index in [4.69, 9.17) is 0 Å².